The van der Waals surface area contributed by atoms with Gasteiger partial charge < -0.3 is 20.9 Å². The Labute approximate surface area is 230 Å². The highest BCUT2D eigenvalue weighted by atomic mass is 32.1. The largest absolute Gasteiger partial charge is 0.448 e. The van der Waals surface area contributed by atoms with Crippen LogP contribution in [0.5, 0.6) is 0 Å². The van der Waals surface area contributed by atoms with E-state index >= 15 is 0 Å². The molecule has 0 amide bonds. The third-order valence-corrected chi connectivity index (χ3v) is 8.07. The zero-order valence-electron chi connectivity index (χ0n) is 20.6. The van der Waals surface area contributed by atoms with Gasteiger partial charge in [0.1, 0.15) is 40.1 Å². The van der Waals surface area contributed by atoms with E-state index < -0.39 is 11.6 Å². The lowest BCUT2D eigenvalue weighted by Crippen LogP contribution is -2.48. The van der Waals surface area contributed by atoms with Gasteiger partial charge in [-0.25, -0.2) is 30.8 Å². The highest BCUT2D eigenvalue weighted by Gasteiger charge is 2.37. The molecule has 0 saturated heterocycles. The molecule has 6 rings (SSSR count). The molecule has 1 atom stereocenters. The van der Waals surface area contributed by atoms with Gasteiger partial charge in [0, 0.05) is 30.4 Å². The summed E-state index contributed by atoms with van der Waals surface area (Å²) in [5.41, 5.74) is 14.5. The molecule has 0 aliphatic carbocycles. The fourth-order valence-corrected chi connectivity index (χ4v) is 5.97. The van der Waals surface area contributed by atoms with Crippen LogP contribution in [0.3, 0.4) is 0 Å². The smallest absolute Gasteiger partial charge is 0.210 e. The number of nitrogens with one attached hydrogen (secondary N) is 1. The number of fused-ring (bicyclic) bond motifs is 1. The number of hydrogen-bond donors (Lipinski definition) is 4. The molecular formula is C25H25N11OS2. The van der Waals surface area contributed by atoms with Crippen molar-refractivity contribution in [3.8, 4) is 0 Å². The quantitative estimate of drug-likeness (QED) is 0.110. The number of rotatable bonds is 10. The summed E-state index contributed by atoms with van der Waals surface area (Å²) >= 11 is 3.11. The van der Waals surface area contributed by atoms with Crippen LogP contribution in [-0.2, 0) is 18.6 Å². The molecule has 0 saturated carbocycles. The van der Waals surface area contributed by atoms with E-state index in [1.54, 1.807) is 58.5 Å². The number of anilines is 1. The molecule has 198 valence electrons. The third-order valence-electron chi connectivity index (χ3n) is 6.21. The molecule has 5 heterocycles. The number of hydrazine groups is 1. The van der Waals surface area contributed by atoms with E-state index in [0.717, 1.165) is 20.2 Å². The maximum Gasteiger partial charge on any atom is 0.210 e. The first kappa shape index (κ1) is 25.2. The Hall–Kier alpha value is -4.08. The summed E-state index contributed by atoms with van der Waals surface area (Å²) in [6.07, 6.45) is 9.09. The van der Waals surface area contributed by atoms with E-state index in [4.69, 9.17) is 26.7 Å². The second-order valence-corrected chi connectivity index (χ2v) is 11.0. The van der Waals surface area contributed by atoms with Crippen molar-refractivity contribution in [3.05, 3.63) is 99.9 Å². The number of nitrogens with two attached hydrogens (primary N) is 3. The molecular weight excluding hydrogens is 534 g/mol. The van der Waals surface area contributed by atoms with Gasteiger partial charge >= 0.3 is 0 Å². The number of benzene rings is 1. The highest BCUT2D eigenvalue weighted by molar-refractivity contribution is 7.18. The van der Waals surface area contributed by atoms with Crippen molar-refractivity contribution >= 4 is 38.6 Å². The van der Waals surface area contributed by atoms with Gasteiger partial charge in [-0.2, -0.15) is 5.10 Å². The van der Waals surface area contributed by atoms with Gasteiger partial charge in [0.05, 0.1) is 33.7 Å². The van der Waals surface area contributed by atoms with Gasteiger partial charge in [0.25, 0.3) is 0 Å². The Kier molecular flexibility index (Phi) is 6.85. The summed E-state index contributed by atoms with van der Waals surface area (Å²) in [7, 11) is 0. The summed E-state index contributed by atoms with van der Waals surface area (Å²) < 4.78 is 6.78. The molecule has 0 aliphatic heterocycles. The van der Waals surface area contributed by atoms with Crippen LogP contribution in [0.2, 0.25) is 0 Å². The van der Waals surface area contributed by atoms with Crippen molar-refractivity contribution in [1.82, 2.24) is 35.1 Å². The summed E-state index contributed by atoms with van der Waals surface area (Å²) in [6, 6.07) is 9.68. The lowest BCUT2D eigenvalue weighted by Gasteiger charge is -2.28. The molecule has 0 radical (unpaired) electrons. The summed E-state index contributed by atoms with van der Waals surface area (Å²) in [5, 5.41) is 12.9. The van der Waals surface area contributed by atoms with Crippen molar-refractivity contribution in [2.24, 2.45) is 17.3 Å². The fraction of sp³-hybridized carbons (Fsp3) is 0.200. The monoisotopic (exact) mass is 559 g/mol. The molecule has 12 nitrogen and oxygen atoms in total. The summed E-state index contributed by atoms with van der Waals surface area (Å²) in [6.45, 7) is 0.287. The SMILES string of the molecule is NN(Cc1nc2ccccc2s1)c1c(C(N)(N)CCc2nccs2)n[nH]c1C(c1ncccn1)c1ncco1. The highest BCUT2D eigenvalue weighted by Crippen LogP contribution is 2.39. The van der Waals surface area contributed by atoms with Crippen LogP contribution < -0.4 is 22.3 Å². The topological polar surface area (TPSA) is 188 Å². The summed E-state index contributed by atoms with van der Waals surface area (Å²) in [5.74, 6) is 6.95. The van der Waals surface area contributed by atoms with E-state index in [1.807, 2.05) is 29.6 Å². The first-order valence-electron chi connectivity index (χ1n) is 12.1. The molecule has 14 heteroatoms. The number of aryl methyl sites for hydroxylation is 1. The average molecular weight is 560 g/mol. The van der Waals surface area contributed by atoms with Crippen LogP contribution in [0.4, 0.5) is 5.69 Å². The van der Waals surface area contributed by atoms with E-state index in [-0.39, 0.29) is 6.54 Å². The molecule has 0 bridgehead atoms. The second kappa shape index (κ2) is 10.6. The molecule has 0 aliphatic rings. The second-order valence-electron chi connectivity index (χ2n) is 8.91. The Bertz CT molecular complexity index is 1610. The van der Waals surface area contributed by atoms with Gasteiger partial charge in [-0.05, 0) is 24.6 Å². The first-order valence-corrected chi connectivity index (χ1v) is 13.8. The first-order chi connectivity index (χ1) is 19.0. The van der Waals surface area contributed by atoms with E-state index in [9.17, 15) is 0 Å². The van der Waals surface area contributed by atoms with Crippen molar-refractivity contribution in [1.29, 1.82) is 0 Å². The molecule has 1 unspecified atom stereocenters. The maximum atomic E-state index is 6.78. The van der Waals surface area contributed by atoms with Crippen molar-refractivity contribution in [2.45, 2.75) is 31.0 Å². The van der Waals surface area contributed by atoms with Gasteiger partial charge in [0.2, 0.25) is 5.89 Å². The molecule has 5 aromatic heterocycles. The number of para-hydroxylation sites is 1. The minimum Gasteiger partial charge on any atom is -0.448 e. The Morgan fingerprint density at radius 3 is 2.59 bits per heavy atom. The molecule has 6 aromatic rings. The van der Waals surface area contributed by atoms with Crippen LogP contribution in [0.1, 0.15) is 45.5 Å². The predicted octanol–water partition coefficient (Wildman–Crippen LogP) is 3.02. The molecule has 0 spiro atoms. The van der Waals surface area contributed by atoms with E-state index in [1.165, 1.54) is 6.26 Å². The van der Waals surface area contributed by atoms with E-state index in [0.29, 0.717) is 41.6 Å². The van der Waals surface area contributed by atoms with Crippen LogP contribution in [0, 0.1) is 0 Å². The molecule has 1 aromatic carbocycles. The number of aromatic nitrogens is 7. The predicted molar refractivity (Wildman–Crippen MR) is 149 cm³/mol. The Morgan fingerprint density at radius 1 is 1.00 bits per heavy atom. The zero-order valence-corrected chi connectivity index (χ0v) is 22.3. The van der Waals surface area contributed by atoms with Crippen molar-refractivity contribution in [2.75, 3.05) is 5.01 Å². The van der Waals surface area contributed by atoms with Crippen molar-refractivity contribution < 1.29 is 4.42 Å². The zero-order chi connectivity index (χ0) is 26.8. The standard InChI is InChI=1S/C25H25N11OS2/c26-25(27,7-6-17-29-11-13-38-17)22-21(36(28)14-18-33-15-4-1-2-5-16(15)39-18)20(34-35-22)19(24-32-10-12-37-24)23-30-8-3-9-31-23/h1-5,8-13,19H,6-7,14,26-28H2,(H,34,35). The average Bonchev–Trinajstić information content (AvgIpc) is 3.75. The number of nitrogens with zero attached hydrogens (tertiary/aromatic N) is 7. The number of oxazole rings is 1. The van der Waals surface area contributed by atoms with Crippen molar-refractivity contribution in [3.63, 3.8) is 0 Å². The minimum absolute atomic E-state index is 0.287. The Morgan fingerprint density at radius 2 is 1.85 bits per heavy atom. The van der Waals surface area contributed by atoms with Crippen LogP contribution >= 0.6 is 22.7 Å². The van der Waals surface area contributed by atoms with E-state index in [2.05, 4.69) is 30.1 Å². The number of H-pyrrole nitrogens is 1. The van der Waals surface area contributed by atoms with Crippen LogP contribution in [0.15, 0.2) is 71.2 Å². The number of thiazole rings is 2. The maximum absolute atomic E-state index is 6.78. The number of hydrogen-bond acceptors (Lipinski definition) is 13. The van der Waals surface area contributed by atoms with Gasteiger partial charge in [0.15, 0.2) is 0 Å². The molecule has 39 heavy (non-hydrogen) atoms. The lowest BCUT2D eigenvalue weighted by atomic mass is 9.96. The van der Waals surface area contributed by atoms with Gasteiger partial charge in [-0.1, -0.05) is 12.1 Å². The Balaban J connectivity index is 1.44. The summed E-state index contributed by atoms with van der Waals surface area (Å²) in [4.78, 5) is 22.4. The van der Waals surface area contributed by atoms with Crippen LogP contribution in [-0.4, -0.2) is 35.1 Å². The minimum atomic E-state index is -1.33. The molecule has 0 fully saturated rings. The molecule has 7 N–H and O–H groups in total. The fourth-order valence-electron chi connectivity index (χ4n) is 4.39. The lowest BCUT2D eigenvalue weighted by molar-refractivity contribution is 0.412. The van der Waals surface area contributed by atoms with Gasteiger partial charge in [-0.3, -0.25) is 5.10 Å². The van der Waals surface area contributed by atoms with Gasteiger partial charge in [-0.15, -0.1) is 22.7 Å². The van der Waals surface area contributed by atoms with Crippen LogP contribution in [0.25, 0.3) is 10.2 Å². The number of aromatic amines is 1. The third kappa shape index (κ3) is 5.15. The normalized spacial score (nSPS) is 12.7.